The number of nitrogens with zero attached hydrogens (tertiary/aromatic N) is 1. The summed E-state index contributed by atoms with van der Waals surface area (Å²) in [6.45, 7) is 1.89. The average molecular weight is 305 g/mol. The lowest BCUT2D eigenvalue weighted by molar-refractivity contribution is 1.16. The van der Waals surface area contributed by atoms with Gasteiger partial charge in [-0.05, 0) is 18.6 Å². The Balaban J connectivity index is 3.29. The molecule has 0 aliphatic heterocycles. The lowest BCUT2D eigenvalue weighted by atomic mass is 10.1. The summed E-state index contributed by atoms with van der Waals surface area (Å²) in [5, 5.41) is 9.97. The van der Waals surface area contributed by atoms with E-state index in [1.54, 1.807) is 18.2 Å². The van der Waals surface area contributed by atoms with Crippen molar-refractivity contribution in [3.63, 3.8) is 0 Å². The van der Waals surface area contributed by atoms with Gasteiger partial charge in [-0.3, -0.25) is 0 Å². The van der Waals surface area contributed by atoms with Crippen LogP contribution in [0.15, 0.2) is 28.2 Å². The van der Waals surface area contributed by atoms with Crippen molar-refractivity contribution >= 4 is 44.2 Å². The predicted octanol–water partition coefficient (Wildman–Crippen LogP) is 4.99. The van der Waals surface area contributed by atoms with E-state index in [0.717, 1.165) is 10.0 Å². The van der Waals surface area contributed by atoms with Crippen molar-refractivity contribution in [2.24, 2.45) is 0 Å². The smallest absolute Gasteiger partial charge is 0.0962 e. The van der Waals surface area contributed by atoms with Gasteiger partial charge in [-0.2, -0.15) is 5.26 Å². The van der Waals surface area contributed by atoms with Crippen LogP contribution in [0.1, 0.15) is 18.9 Å². The number of allylic oxidation sites excluding steroid dienone is 1. The second-order valence-electron chi connectivity index (χ2n) is 2.88. The highest BCUT2D eigenvalue weighted by Gasteiger charge is 2.09. The van der Waals surface area contributed by atoms with E-state index < -0.39 is 0 Å². The number of nitriles is 1. The zero-order chi connectivity index (χ0) is 11.4. The molecule has 78 valence electrons. The quantitative estimate of drug-likeness (QED) is 0.706. The summed E-state index contributed by atoms with van der Waals surface area (Å²) in [4.78, 5) is 0. The molecule has 1 nitrogen and oxygen atoms in total. The highest BCUT2D eigenvalue weighted by atomic mass is 79.9. The lowest BCUT2D eigenvalue weighted by Gasteiger charge is -2.05. The molecule has 0 aliphatic rings. The monoisotopic (exact) mass is 303 g/mol. The van der Waals surface area contributed by atoms with Crippen molar-refractivity contribution in [3.8, 4) is 6.07 Å². The Labute approximate surface area is 107 Å². The number of hydrogen-bond donors (Lipinski definition) is 0. The van der Waals surface area contributed by atoms with Gasteiger partial charge in [0.25, 0.3) is 0 Å². The normalized spacial score (nSPS) is 11.9. The van der Waals surface area contributed by atoms with Crippen LogP contribution in [-0.4, -0.2) is 0 Å². The molecular formula is C11H8BrCl2N. The molecule has 0 spiro atoms. The molecule has 0 bridgehead atoms. The third-order valence-corrected chi connectivity index (χ3v) is 3.24. The van der Waals surface area contributed by atoms with Gasteiger partial charge in [-0.15, -0.1) is 0 Å². The number of hydrogen-bond acceptors (Lipinski definition) is 1. The molecule has 0 unspecified atom stereocenters. The second kappa shape index (κ2) is 5.55. The molecule has 1 rings (SSSR count). The summed E-state index contributed by atoms with van der Waals surface area (Å²) in [5.74, 6) is 0. The van der Waals surface area contributed by atoms with Crippen molar-refractivity contribution in [1.82, 2.24) is 0 Å². The maximum atomic E-state index is 8.87. The molecule has 1 aromatic rings. The standard InChI is InChI=1S/C11H8BrCl2N/c1-2-7(6-15)11(14)9-4-3-8(13)5-10(9)12/h3-5H,2H2,1H3/b11-7-. The minimum absolute atomic E-state index is 0.476. The summed E-state index contributed by atoms with van der Waals surface area (Å²) in [6, 6.07) is 7.38. The number of rotatable bonds is 2. The molecule has 4 heteroatoms. The first-order chi connectivity index (χ1) is 7.10. The summed E-state index contributed by atoms with van der Waals surface area (Å²) in [6.07, 6.45) is 0.615. The molecule has 0 aromatic heterocycles. The zero-order valence-electron chi connectivity index (χ0n) is 8.02. The molecular weight excluding hydrogens is 297 g/mol. The van der Waals surface area contributed by atoms with Crippen LogP contribution in [0.25, 0.3) is 5.03 Å². The third-order valence-electron chi connectivity index (χ3n) is 1.92. The van der Waals surface area contributed by atoms with Crippen molar-refractivity contribution in [2.75, 3.05) is 0 Å². The Hall–Kier alpha value is -0.490. The summed E-state index contributed by atoms with van der Waals surface area (Å²) < 4.78 is 0.793. The topological polar surface area (TPSA) is 23.8 Å². The maximum Gasteiger partial charge on any atom is 0.0962 e. The highest BCUT2D eigenvalue weighted by molar-refractivity contribution is 9.10. The summed E-state index contributed by atoms with van der Waals surface area (Å²) in [7, 11) is 0. The summed E-state index contributed by atoms with van der Waals surface area (Å²) >= 11 is 15.3. The van der Waals surface area contributed by atoms with E-state index in [2.05, 4.69) is 22.0 Å². The fraction of sp³-hybridized carbons (Fsp3) is 0.182. The zero-order valence-corrected chi connectivity index (χ0v) is 11.1. The Morgan fingerprint density at radius 1 is 1.53 bits per heavy atom. The lowest BCUT2D eigenvalue weighted by Crippen LogP contribution is -1.85. The van der Waals surface area contributed by atoms with Crippen LogP contribution in [0.4, 0.5) is 0 Å². The fourth-order valence-corrected chi connectivity index (χ4v) is 2.45. The van der Waals surface area contributed by atoms with Crippen LogP contribution in [0.2, 0.25) is 5.02 Å². The minimum atomic E-state index is 0.476. The van der Waals surface area contributed by atoms with E-state index in [1.807, 2.05) is 6.92 Å². The first-order valence-electron chi connectivity index (χ1n) is 4.34. The average Bonchev–Trinajstić information content (AvgIpc) is 2.19. The SMILES string of the molecule is CC/C(C#N)=C(/Cl)c1ccc(Cl)cc1Br. The Morgan fingerprint density at radius 2 is 2.20 bits per heavy atom. The van der Waals surface area contributed by atoms with Crippen molar-refractivity contribution in [2.45, 2.75) is 13.3 Å². The first kappa shape index (κ1) is 12.6. The van der Waals surface area contributed by atoms with E-state index in [9.17, 15) is 0 Å². The molecule has 0 heterocycles. The van der Waals surface area contributed by atoms with Gasteiger partial charge in [0, 0.05) is 20.6 Å². The Morgan fingerprint density at radius 3 is 2.67 bits per heavy atom. The molecule has 0 saturated carbocycles. The van der Waals surface area contributed by atoms with Crippen LogP contribution in [0.3, 0.4) is 0 Å². The van der Waals surface area contributed by atoms with Crippen LogP contribution in [-0.2, 0) is 0 Å². The van der Waals surface area contributed by atoms with E-state index >= 15 is 0 Å². The Kier molecular flexibility index (Phi) is 4.66. The van der Waals surface area contributed by atoms with Gasteiger partial charge in [0.05, 0.1) is 11.1 Å². The maximum absolute atomic E-state index is 8.87. The third kappa shape index (κ3) is 2.98. The molecule has 0 atom stereocenters. The molecule has 0 radical (unpaired) electrons. The summed E-state index contributed by atoms with van der Waals surface area (Å²) in [5.41, 5.74) is 1.36. The molecule has 1 aromatic carbocycles. The van der Waals surface area contributed by atoms with Gasteiger partial charge >= 0.3 is 0 Å². The van der Waals surface area contributed by atoms with E-state index in [-0.39, 0.29) is 0 Å². The molecule has 15 heavy (non-hydrogen) atoms. The van der Waals surface area contributed by atoms with Crippen molar-refractivity contribution in [3.05, 3.63) is 38.8 Å². The highest BCUT2D eigenvalue weighted by Crippen LogP contribution is 2.32. The van der Waals surface area contributed by atoms with E-state index in [0.29, 0.717) is 22.0 Å². The van der Waals surface area contributed by atoms with Gasteiger partial charge < -0.3 is 0 Å². The minimum Gasteiger partial charge on any atom is -0.193 e. The molecule has 0 fully saturated rings. The van der Waals surface area contributed by atoms with Gasteiger partial charge in [-0.25, -0.2) is 0 Å². The van der Waals surface area contributed by atoms with Gasteiger partial charge in [0.2, 0.25) is 0 Å². The molecule has 0 amide bonds. The van der Waals surface area contributed by atoms with E-state index in [1.165, 1.54) is 0 Å². The molecule has 0 saturated heterocycles. The number of benzene rings is 1. The number of halogens is 3. The second-order valence-corrected chi connectivity index (χ2v) is 4.55. The van der Waals surface area contributed by atoms with Gasteiger partial charge in [-0.1, -0.05) is 52.1 Å². The van der Waals surface area contributed by atoms with Gasteiger partial charge in [0.15, 0.2) is 0 Å². The van der Waals surface area contributed by atoms with Gasteiger partial charge in [0.1, 0.15) is 0 Å². The van der Waals surface area contributed by atoms with Crippen LogP contribution in [0, 0.1) is 11.3 Å². The molecule has 0 aliphatic carbocycles. The Bertz CT molecular complexity index is 446. The fourth-order valence-electron chi connectivity index (χ4n) is 1.11. The van der Waals surface area contributed by atoms with E-state index in [4.69, 9.17) is 28.5 Å². The van der Waals surface area contributed by atoms with Crippen LogP contribution in [0.5, 0.6) is 0 Å². The van der Waals surface area contributed by atoms with Crippen LogP contribution < -0.4 is 0 Å². The first-order valence-corrected chi connectivity index (χ1v) is 5.89. The van der Waals surface area contributed by atoms with Crippen molar-refractivity contribution in [1.29, 1.82) is 5.26 Å². The van der Waals surface area contributed by atoms with Crippen molar-refractivity contribution < 1.29 is 0 Å². The molecule has 0 N–H and O–H groups in total. The predicted molar refractivity (Wildman–Crippen MR) is 67.8 cm³/mol. The largest absolute Gasteiger partial charge is 0.193 e. The van der Waals surface area contributed by atoms with Crippen LogP contribution >= 0.6 is 39.1 Å².